The summed E-state index contributed by atoms with van der Waals surface area (Å²) in [6, 6.07) is 1.92. The Morgan fingerprint density at radius 3 is 2.75 bits per heavy atom. The van der Waals surface area contributed by atoms with E-state index in [4.69, 9.17) is 13.9 Å². The molecule has 1 aromatic rings. The molecule has 0 spiro atoms. The molecule has 4 fully saturated rings. The maximum absolute atomic E-state index is 12.8. The van der Waals surface area contributed by atoms with E-state index in [1.807, 2.05) is 6.07 Å². The van der Waals surface area contributed by atoms with Gasteiger partial charge < -0.3 is 13.9 Å². The van der Waals surface area contributed by atoms with E-state index in [9.17, 15) is 4.79 Å². The topological polar surface area (TPSA) is 52.0 Å². The first-order valence-electron chi connectivity index (χ1n) is 9.29. The molecule has 4 nitrogen and oxygen atoms in total. The highest BCUT2D eigenvalue weighted by Gasteiger charge is 2.73. The molecule has 0 N–H and O–H groups in total. The van der Waals surface area contributed by atoms with Crippen molar-refractivity contribution in [1.29, 1.82) is 0 Å². The summed E-state index contributed by atoms with van der Waals surface area (Å²) in [5, 5.41) is 0. The first-order chi connectivity index (χ1) is 11.4. The highest BCUT2D eigenvalue weighted by atomic mass is 16.6. The fourth-order valence-electron chi connectivity index (χ4n) is 6.56. The van der Waals surface area contributed by atoms with Crippen LogP contribution in [0.4, 0.5) is 0 Å². The fraction of sp³-hybridized carbons (Fsp3) is 0.750. The van der Waals surface area contributed by atoms with Gasteiger partial charge in [-0.1, -0.05) is 13.8 Å². The third kappa shape index (κ3) is 1.66. The van der Waals surface area contributed by atoms with Gasteiger partial charge in [0.25, 0.3) is 0 Å². The van der Waals surface area contributed by atoms with Gasteiger partial charge in [-0.3, -0.25) is 4.79 Å². The Labute approximate surface area is 142 Å². The van der Waals surface area contributed by atoms with Crippen molar-refractivity contribution in [3.63, 3.8) is 0 Å². The molecule has 4 heteroatoms. The second-order valence-electron chi connectivity index (χ2n) is 9.04. The number of cyclic esters (lactones) is 1. The van der Waals surface area contributed by atoms with E-state index in [1.54, 1.807) is 12.5 Å². The average molecular weight is 330 g/mol. The van der Waals surface area contributed by atoms with E-state index < -0.39 is 0 Å². The van der Waals surface area contributed by atoms with Gasteiger partial charge in [0.15, 0.2) is 0 Å². The molecule has 0 radical (unpaired) electrons. The minimum atomic E-state index is -0.175. The van der Waals surface area contributed by atoms with E-state index in [0.717, 1.165) is 37.7 Å². The van der Waals surface area contributed by atoms with Crippen LogP contribution >= 0.6 is 0 Å². The van der Waals surface area contributed by atoms with Gasteiger partial charge >= 0.3 is 5.97 Å². The lowest BCUT2D eigenvalue weighted by Crippen LogP contribution is -2.60. The van der Waals surface area contributed by atoms with Crippen molar-refractivity contribution in [2.45, 2.75) is 70.7 Å². The number of carbonyl (C=O) groups excluding carboxylic acids is 1. The number of furan rings is 1. The van der Waals surface area contributed by atoms with Crippen LogP contribution in [0.3, 0.4) is 0 Å². The van der Waals surface area contributed by atoms with Gasteiger partial charge in [0, 0.05) is 11.0 Å². The molecule has 5 rings (SSSR count). The van der Waals surface area contributed by atoms with Gasteiger partial charge in [-0.2, -0.15) is 0 Å². The molecule has 2 aliphatic carbocycles. The number of hydrogen-bond donors (Lipinski definition) is 0. The monoisotopic (exact) mass is 330 g/mol. The fourth-order valence-corrected chi connectivity index (χ4v) is 6.56. The first-order valence-corrected chi connectivity index (χ1v) is 9.29. The highest BCUT2D eigenvalue weighted by Crippen LogP contribution is 2.71. The van der Waals surface area contributed by atoms with Crippen LogP contribution in [0.2, 0.25) is 0 Å². The summed E-state index contributed by atoms with van der Waals surface area (Å²) in [6.07, 6.45) is 8.80. The molecule has 130 valence electrons. The molecule has 3 heterocycles. The maximum atomic E-state index is 12.8. The zero-order valence-corrected chi connectivity index (χ0v) is 14.7. The summed E-state index contributed by atoms with van der Waals surface area (Å²) < 4.78 is 17.2. The summed E-state index contributed by atoms with van der Waals surface area (Å²) in [5.74, 6) is 0.522. The predicted octanol–water partition coefficient (Wildman–Crippen LogP) is 4.26. The van der Waals surface area contributed by atoms with Crippen LogP contribution in [0.15, 0.2) is 23.0 Å². The van der Waals surface area contributed by atoms with E-state index in [1.165, 1.54) is 0 Å². The minimum Gasteiger partial charge on any atom is -0.472 e. The molecule has 24 heavy (non-hydrogen) atoms. The van der Waals surface area contributed by atoms with Crippen molar-refractivity contribution in [3.8, 4) is 0 Å². The molecule has 4 aliphatic rings. The number of rotatable bonds is 1. The van der Waals surface area contributed by atoms with Crippen LogP contribution in [0.1, 0.15) is 64.5 Å². The van der Waals surface area contributed by atoms with Gasteiger partial charge in [-0.05, 0) is 56.4 Å². The summed E-state index contributed by atoms with van der Waals surface area (Å²) in [5.41, 5.74) is 1.14. The van der Waals surface area contributed by atoms with Gasteiger partial charge in [0.2, 0.25) is 0 Å². The third-order valence-electron chi connectivity index (χ3n) is 8.19. The van der Waals surface area contributed by atoms with E-state index in [-0.39, 0.29) is 34.4 Å². The minimum absolute atomic E-state index is 0.0103. The molecular weight excluding hydrogens is 304 g/mol. The first kappa shape index (κ1) is 15.0. The zero-order valence-electron chi connectivity index (χ0n) is 14.7. The van der Waals surface area contributed by atoms with Crippen molar-refractivity contribution >= 4 is 5.97 Å². The third-order valence-corrected chi connectivity index (χ3v) is 8.19. The predicted molar refractivity (Wildman–Crippen MR) is 87.1 cm³/mol. The Morgan fingerprint density at radius 2 is 2.00 bits per heavy atom. The summed E-state index contributed by atoms with van der Waals surface area (Å²) in [7, 11) is 0. The SMILES string of the molecule is C[C@@]12C[C@H](c3ccoc3)OC(=O)[C@H]1CC[C@@]1(C)[C@H]2CC[C@@H]2O[C@@]21C. The number of epoxide rings is 1. The number of ether oxygens (including phenoxy) is 2. The van der Waals surface area contributed by atoms with Crippen LogP contribution in [0, 0.1) is 22.7 Å². The number of hydrogen-bond acceptors (Lipinski definition) is 4. The highest BCUT2D eigenvalue weighted by molar-refractivity contribution is 5.75. The van der Waals surface area contributed by atoms with Crippen molar-refractivity contribution in [3.05, 3.63) is 24.2 Å². The van der Waals surface area contributed by atoms with Crippen LogP contribution in [0.5, 0.6) is 0 Å². The van der Waals surface area contributed by atoms with Gasteiger partial charge in [0.1, 0.15) is 6.10 Å². The molecule has 2 saturated carbocycles. The average Bonchev–Trinajstić information content (AvgIpc) is 2.97. The number of fused-ring (bicyclic) bond motifs is 5. The second kappa shape index (κ2) is 4.46. The number of carbonyl (C=O) groups is 1. The molecule has 2 aliphatic heterocycles. The van der Waals surface area contributed by atoms with Crippen LogP contribution in [-0.2, 0) is 14.3 Å². The van der Waals surface area contributed by atoms with Gasteiger partial charge in [0.05, 0.1) is 30.1 Å². The summed E-state index contributed by atoms with van der Waals surface area (Å²) in [4.78, 5) is 12.8. The van der Waals surface area contributed by atoms with E-state index in [2.05, 4.69) is 20.8 Å². The number of esters is 1. The Kier molecular flexibility index (Phi) is 2.79. The van der Waals surface area contributed by atoms with Crippen molar-refractivity contribution in [2.24, 2.45) is 22.7 Å². The molecule has 0 amide bonds. The molecule has 0 bridgehead atoms. The summed E-state index contributed by atoms with van der Waals surface area (Å²) >= 11 is 0. The quantitative estimate of drug-likeness (QED) is 0.570. The Hall–Kier alpha value is -1.29. The zero-order chi connectivity index (χ0) is 16.7. The van der Waals surface area contributed by atoms with Gasteiger partial charge in [-0.15, -0.1) is 0 Å². The van der Waals surface area contributed by atoms with Crippen molar-refractivity contribution in [1.82, 2.24) is 0 Å². The van der Waals surface area contributed by atoms with Crippen LogP contribution < -0.4 is 0 Å². The van der Waals surface area contributed by atoms with E-state index >= 15 is 0 Å². The molecule has 0 unspecified atom stereocenters. The lowest BCUT2D eigenvalue weighted by molar-refractivity contribution is -0.198. The van der Waals surface area contributed by atoms with Gasteiger partial charge in [-0.25, -0.2) is 0 Å². The molecule has 1 aromatic heterocycles. The Morgan fingerprint density at radius 1 is 1.17 bits per heavy atom. The van der Waals surface area contributed by atoms with Crippen molar-refractivity contribution in [2.75, 3.05) is 0 Å². The van der Waals surface area contributed by atoms with Crippen LogP contribution in [0.25, 0.3) is 0 Å². The summed E-state index contributed by atoms with van der Waals surface area (Å²) in [6.45, 7) is 7.03. The normalized spacial score (nSPS) is 52.7. The largest absolute Gasteiger partial charge is 0.472 e. The smallest absolute Gasteiger partial charge is 0.310 e. The molecule has 7 atom stereocenters. The lowest BCUT2D eigenvalue weighted by atomic mass is 9.44. The van der Waals surface area contributed by atoms with E-state index in [0.29, 0.717) is 12.0 Å². The standard InChI is InChI=1S/C20H26O4/c1-18-10-14(12-7-9-22-11-12)23-17(21)13(18)6-8-19(2)15(18)4-5-16-20(19,3)24-16/h7,9,11,13-16H,4-6,8,10H2,1-3H3/t13-,14-,15+,16+,18-,19+,20+/m1/s1. The Bertz CT molecular complexity index is 682. The molecule has 2 saturated heterocycles. The van der Waals surface area contributed by atoms with Crippen molar-refractivity contribution < 1.29 is 18.7 Å². The Balaban J connectivity index is 1.54. The lowest BCUT2D eigenvalue weighted by Gasteiger charge is -2.60. The molecule has 0 aromatic carbocycles. The maximum Gasteiger partial charge on any atom is 0.310 e. The van der Waals surface area contributed by atoms with Crippen LogP contribution in [-0.4, -0.2) is 17.7 Å². The second-order valence-corrected chi connectivity index (χ2v) is 9.04. The molecular formula is C20H26O4.